The second kappa shape index (κ2) is 10.1. The van der Waals surface area contributed by atoms with Gasteiger partial charge in [0.2, 0.25) is 5.95 Å². The molecule has 0 saturated carbocycles. The molecule has 186 valence electrons. The molecule has 0 atom stereocenters. The number of nitrogens with one attached hydrogen (secondary N) is 3. The van der Waals surface area contributed by atoms with Gasteiger partial charge in [-0.15, -0.1) is 0 Å². The Morgan fingerprint density at radius 1 is 1.34 bits per heavy atom. The van der Waals surface area contributed by atoms with Crippen LogP contribution < -0.4 is 10.6 Å². The van der Waals surface area contributed by atoms with Crippen LogP contribution in [-0.4, -0.2) is 57.4 Å². The number of rotatable bonds is 7. The average molecular weight is 483 g/mol. The Morgan fingerprint density at radius 2 is 2.11 bits per heavy atom. The van der Waals surface area contributed by atoms with Crippen LogP contribution in [0.5, 0.6) is 0 Å². The minimum Gasteiger partial charge on any atom is -0.392 e. The van der Waals surface area contributed by atoms with E-state index < -0.39 is 11.7 Å². The van der Waals surface area contributed by atoms with Crippen molar-refractivity contribution in [2.24, 2.45) is 5.41 Å². The van der Waals surface area contributed by atoms with Crippen LogP contribution in [-0.2, 0) is 22.7 Å². The normalized spacial score (nSPS) is 18.7. The second-order valence-electron chi connectivity index (χ2n) is 9.62. The predicted molar refractivity (Wildman–Crippen MR) is 131 cm³/mol. The number of hydrogen-bond acceptors (Lipinski definition) is 8. The van der Waals surface area contributed by atoms with Crippen molar-refractivity contribution in [2.45, 2.75) is 46.4 Å². The average Bonchev–Trinajstić information content (AvgIpc) is 2.89. The fraction of sp³-hybridized carbons (Fsp3) is 0.440. The van der Waals surface area contributed by atoms with Crippen molar-refractivity contribution in [1.29, 1.82) is 5.41 Å². The van der Waals surface area contributed by atoms with E-state index in [-0.39, 0.29) is 30.3 Å². The molecule has 1 spiro atoms. The van der Waals surface area contributed by atoms with E-state index in [4.69, 9.17) is 10.1 Å². The maximum absolute atomic E-state index is 13.9. The zero-order valence-electron chi connectivity index (χ0n) is 20.2. The predicted octanol–water partition coefficient (Wildman–Crippen LogP) is 3.00. The Morgan fingerprint density at radius 3 is 2.77 bits per heavy atom. The van der Waals surface area contributed by atoms with Gasteiger partial charge in [0.05, 0.1) is 19.8 Å². The Hall–Kier alpha value is -3.37. The number of halogens is 1. The number of ether oxygens (including phenoxy) is 1. The van der Waals surface area contributed by atoms with Crippen molar-refractivity contribution >= 4 is 23.4 Å². The number of benzene rings is 1. The minimum atomic E-state index is -0.448. The van der Waals surface area contributed by atoms with Crippen LogP contribution in [0.2, 0.25) is 0 Å². The fourth-order valence-electron chi connectivity index (χ4n) is 4.33. The topological polar surface area (TPSA) is 123 Å². The number of carbonyl (C=O) groups is 1. The highest BCUT2D eigenvalue weighted by atomic mass is 19.1. The fourth-order valence-corrected chi connectivity index (χ4v) is 4.33. The summed E-state index contributed by atoms with van der Waals surface area (Å²) in [6, 6.07) is 4.30. The zero-order chi connectivity index (χ0) is 25.2. The van der Waals surface area contributed by atoms with Crippen LogP contribution >= 0.6 is 0 Å². The summed E-state index contributed by atoms with van der Waals surface area (Å²) in [5.74, 6) is 0.190. The van der Waals surface area contributed by atoms with Crippen LogP contribution in [0.25, 0.3) is 0 Å². The summed E-state index contributed by atoms with van der Waals surface area (Å²) in [5.41, 5.74) is 2.00. The van der Waals surface area contributed by atoms with Crippen LogP contribution in [0.1, 0.15) is 37.0 Å². The summed E-state index contributed by atoms with van der Waals surface area (Å²) in [5, 5.41) is 24.6. The van der Waals surface area contributed by atoms with Crippen molar-refractivity contribution in [3.63, 3.8) is 0 Å². The molecule has 1 aromatic heterocycles. The molecule has 2 aliphatic heterocycles. The van der Waals surface area contributed by atoms with Crippen molar-refractivity contribution in [1.82, 2.24) is 14.9 Å². The SMILES string of the molecule is Cc1cnc(NC(C)C)nc1N/C=C1/CC2(COC2)CN(Cc2cc(F)ccc2CO)C(=O)C1=N. The molecule has 0 unspecified atom stereocenters. The Labute approximate surface area is 203 Å². The van der Waals surface area contributed by atoms with Gasteiger partial charge in [-0.05, 0) is 56.0 Å². The first-order valence-corrected chi connectivity index (χ1v) is 11.6. The van der Waals surface area contributed by atoms with Crippen molar-refractivity contribution < 1.29 is 19.0 Å². The number of aliphatic hydroxyl groups is 1. The third-order valence-electron chi connectivity index (χ3n) is 6.20. The molecule has 1 amide bonds. The van der Waals surface area contributed by atoms with Gasteiger partial charge in [0.1, 0.15) is 17.3 Å². The van der Waals surface area contributed by atoms with E-state index in [1.807, 2.05) is 20.8 Å². The van der Waals surface area contributed by atoms with E-state index in [1.54, 1.807) is 17.3 Å². The molecule has 2 aliphatic rings. The molecule has 3 heterocycles. The Kier molecular flexibility index (Phi) is 7.13. The number of hydrogen-bond donors (Lipinski definition) is 4. The van der Waals surface area contributed by atoms with Gasteiger partial charge in [-0.3, -0.25) is 10.2 Å². The molecule has 0 radical (unpaired) electrons. The summed E-state index contributed by atoms with van der Waals surface area (Å²) in [7, 11) is 0. The lowest BCUT2D eigenvalue weighted by atomic mass is 9.79. The molecule has 0 bridgehead atoms. The second-order valence-corrected chi connectivity index (χ2v) is 9.62. The van der Waals surface area contributed by atoms with Crippen molar-refractivity contribution in [2.75, 3.05) is 30.4 Å². The molecular formula is C25H31FN6O3. The van der Waals surface area contributed by atoms with Crippen LogP contribution in [0.15, 0.2) is 36.2 Å². The van der Waals surface area contributed by atoms with Gasteiger partial charge in [-0.1, -0.05) is 6.07 Å². The number of aliphatic hydroxyl groups excluding tert-OH is 1. The van der Waals surface area contributed by atoms with Gasteiger partial charge in [0.15, 0.2) is 0 Å². The molecular weight excluding hydrogens is 451 g/mol. The highest BCUT2D eigenvalue weighted by Crippen LogP contribution is 2.39. The van der Waals surface area contributed by atoms with E-state index in [2.05, 4.69) is 20.6 Å². The summed E-state index contributed by atoms with van der Waals surface area (Å²) >= 11 is 0. The molecule has 4 N–H and O–H groups in total. The van der Waals surface area contributed by atoms with E-state index in [0.717, 1.165) is 5.56 Å². The quantitative estimate of drug-likeness (QED) is 0.478. The van der Waals surface area contributed by atoms with Gasteiger partial charge in [-0.2, -0.15) is 4.98 Å². The summed E-state index contributed by atoms with van der Waals surface area (Å²) in [4.78, 5) is 23.7. The molecule has 0 aliphatic carbocycles. The molecule has 10 heteroatoms. The van der Waals surface area contributed by atoms with Gasteiger partial charge in [0.25, 0.3) is 5.91 Å². The van der Waals surface area contributed by atoms with Crippen LogP contribution in [0, 0.1) is 23.6 Å². The molecule has 4 rings (SSSR count). The first-order valence-electron chi connectivity index (χ1n) is 11.6. The third-order valence-corrected chi connectivity index (χ3v) is 6.20. The van der Waals surface area contributed by atoms with E-state index in [9.17, 15) is 14.3 Å². The summed E-state index contributed by atoms with van der Waals surface area (Å²) < 4.78 is 19.4. The molecule has 2 aromatic rings. The van der Waals surface area contributed by atoms with Crippen molar-refractivity contribution in [3.05, 3.63) is 58.7 Å². The zero-order valence-corrected chi connectivity index (χ0v) is 20.2. The lowest BCUT2D eigenvalue weighted by Crippen LogP contribution is -2.50. The number of nitrogens with zero attached hydrogens (tertiary/aromatic N) is 3. The smallest absolute Gasteiger partial charge is 0.272 e. The highest BCUT2D eigenvalue weighted by molar-refractivity contribution is 6.44. The first-order chi connectivity index (χ1) is 16.7. The lowest BCUT2D eigenvalue weighted by molar-refractivity contribution is -0.141. The van der Waals surface area contributed by atoms with Crippen molar-refractivity contribution in [3.8, 4) is 0 Å². The molecule has 35 heavy (non-hydrogen) atoms. The maximum atomic E-state index is 13.9. The number of aromatic nitrogens is 2. The third kappa shape index (κ3) is 5.49. The van der Waals surface area contributed by atoms with E-state index in [1.165, 1.54) is 18.2 Å². The Bertz CT molecular complexity index is 1160. The first kappa shape index (κ1) is 24.7. The summed E-state index contributed by atoms with van der Waals surface area (Å²) in [6.07, 6.45) is 3.86. The molecule has 2 fully saturated rings. The van der Waals surface area contributed by atoms with E-state index in [0.29, 0.717) is 54.6 Å². The molecule has 2 saturated heterocycles. The van der Waals surface area contributed by atoms with Gasteiger partial charge >= 0.3 is 0 Å². The molecule has 9 nitrogen and oxygen atoms in total. The van der Waals surface area contributed by atoms with E-state index >= 15 is 0 Å². The number of likely N-dealkylation sites (tertiary alicyclic amines) is 1. The van der Waals surface area contributed by atoms with Crippen LogP contribution in [0.4, 0.5) is 16.2 Å². The number of carbonyl (C=O) groups excluding carboxylic acids is 1. The number of aryl methyl sites for hydroxylation is 1. The van der Waals surface area contributed by atoms with Gasteiger partial charge in [-0.25, -0.2) is 9.37 Å². The van der Waals surface area contributed by atoms with Gasteiger partial charge < -0.3 is 25.4 Å². The molecule has 1 aromatic carbocycles. The summed E-state index contributed by atoms with van der Waals surface area (Å²) in [6.45, 7) is 7.02. The monoisotopic (exact) mass is 482 g/mol. The number of amides is 1. The highest BCUT2D eigenvalue weighted by Gasteiger charge is 2.46. The number of anilines is 2. The largest absolute Gasteiger partial charge is 0.392 e. The maximum Gasteiger partial charge on any atom is 0.272 e. The standard InChI is InChI=1S/C25H31FN6O3/c1-15(2)30-24-29-8-16(3)22(31-24)28-9-19-7-25(13-35-14-25)12-32(23(34)21(19)27)10-18-6-20(26)5-4-17(18)11-33/h4-6,8-9,15,27,33H,7,10-14H2,1-3H3,(H2,28,29,30,31)/b19-9-,27-21?. The van der Waals surface area contributed by atoms with Gasteiger partial charge in [0, 0.05) is 42.5 Å². The lowest BCUT2D eigenvalue weighted by Gasteiger charge is -2.43. The minimum absolute atomic E-state index is 0.104. The Balaban J connectivity index is 1.60. The van der Waals surface area contributed by atoms with Crippen LogP contribution in [0.3, 0.4) is 0 Å².